The van der Waals surface area contributed by atoms with E-state index in [-0.39, 0.29) is 25.3 Å². The molecule has 0 spiro atoms. The van der Waals surface area contributed by atoms with Gasteiger partial charge in [0, 0.05) is 13.0 Å². The molecular weight excluding hydrogens is 492 g/mol. The number of methoxy groups -OCH3 is 1. The highest BCUT2D eigenvalue weighted by molar-refractivity contribution is 6.32. The third-order valence-electron chi connectivity index (χ3n) is 4.87. The summed E-state index contributed by atoms with van der Waals surface area (Å²) in [4.78, 5) is 49.1. The molecule has 0 aliphatic carbocycles. The van der Waals surface area contributed by atoms with E-state index in [1.165, 1.54) is 14.0 Å². The topological polar surface area (TPSA) is 140 Å². The van der Waals surface area contributed by atoms with E-state index in [4.69, 9.17) is 25.8 Å². The monoisotopic (exact) mass is 528 g/mol. The van der Waals surface area contributed by atoms with Gasteiger partial charge in [-0.3, -0.25) is 9.59 Å². The quantitative estimate of drug-likeness (QED) is 0.350. The predicted molar refractivity (Wildman–Crippen MR) is 134 cm³/mol. The molecule has 202 valence electrons. The van der Waals surface area contributed by atoms with Crippen LogP contribution in [0.2, 0.25) is 5.02 Å². The molecule has 0 bridgehead atoms. The largest absolute Gasteiger partial charge is 0.495 e. The van der Waals surface area contributed by atoms with Gasteiger partial charge in [0.1, 0.15) is 17.4 Å². The summed E-state index contributed by atoms with van der Waals surface area (Å²) >= 11 is 6.19. The van der Waals surface area contributed by atoms with Crippen molar-refractivity contribution < 1.29 is 38.5 Å². The molecule has 0 saturated carbocycles. The number of amides is 2. The fourth-order valence-corrected chi connectivity index (χ4v) is 3.36. The van der Waals surface area contributed by atoms with E-state index >= 15 is 0 Å². The molecule has 0 heterocycles. The van der Waals surface area contributed by atoms with Gasteiger partial charge in [-0.15, -0.1) is 0 Å². The molecule has 0 saturated heterocycles. The molecule has 0 fully saturated rings. The van der Waals surface area contributed by atoms with E-state index in [2.05, 4.69) is 10.6 Å². The third-order valence-corrected chi connectivity index (χ3v) is 5.16. The van der Waals surface area contributed by atoms with E-state index in [9.17, 15) is 24.3 Å². The Bertz CT molecular complexity index is 929. The fraction of sp³-hybridized carbons (Fsp3) is 0.600. The summed E-state index contributed by atoms with van der Waals surface area (Å²) in [6.45, 7) is 10.1. The van der Waals surface area contributed by atoms with Gasteiger partial charge in [0.05, 0.1) is 18.1 Å². The average Bonchev–Trinajstić information content (AvgIpc) is 2.74. The lowest BCUT2D eigenvalue weighted by molar-refractivity contribution is -0.167. The van der Waals surface area contributed by atoms with Crippen molar-refractivity contribution >= 4 is 35.5 Å². The number of halogens is 1. The number of carboxylic acid groups (broad SMARTS) is 1. The zero-order valence-electron chi connectivity index (χ0n) is 21.8. The van der Waals surface area contributed by atoms with Crippen LogP contribution < -0.4 is 15.4 Å². The van der Waals surface area contributed by atoms with Gasteiger partial charge >= 0.3 is 18.0 Å². The zero-order chi connectivity index (χ0) is 27.6. The van der Waals surface area contributed by atoms with E-state index in [0.29, 0.717) is 16.3 Å². The first-order valence-corrected chi connectivity index (χ1v) is 12.0. The number of benzene rings is 1. The first-order chi connectivity index (χ1) is 16.6. The predicted octanol–water partition coefficient (Wildman–Crippen LogP) is 3.58. The molecule has 1 aromatic carbocycles. The second kappa shape index (κ2) is 13.9. The number of carbonyl (C=O) groups is 4. The van der Waals surface area contributed by atoms with Gasteiger partial charge in [-0.05, 0) is 50.8 Å². The van der Waals surface area contributed by atoms with Crippen molar-refractivity contribution in [3.63, 3.8) is 0 Å². The smallest absolute Gasteiger partial charge is 0.408 e. The Morgan fingerprint density at radius 1 is 1.11 bits per heavy atom. The number of esters is 1. The van der Waals surface area contributed by atoms with E-state index < -0.39 is 47.6 Å². The zero-order valence-corrected chi connectivity index (χ0v) is 22.6. The Morgan fingerprint density at radius 2 is 1.75 bits per heavy atom. The lowest BCUT2D eigenvalue weighted by Gasteiger charge is -2.24. The summed E-state index contributed by atoms with van der Waals surface area (Å²) in [5, 5.41) is 14.8. The molecule has 0 unspecified atom stereocenters. The van der Waals surface area contributed by atoms with Crippen LogP contribution in [0.3, 0.4) is 0 Å². The SMILES string of the molecule is COc1ccc(C[C@@H](NC(=O)OC(C)(C)C)C(=O)NC[C@@H](C)C(=O)O[C@@H](CC(C)C)C(=O)O)cc1Cl. The summed E-state index contributed by atoms with van der Waals surface area (Å²) in [5.74, 6) is -2.88. The molecular formula is C25H37ClN2O8. The van der Waals surface area contributed by atoms with Gasteiger partial charge in [0.2, 0.25) is 5.91 Å². The Kier molecular flexibility index (Phi) is 12.0. The van der Waals surface area contributed by atoms with Gasteiger partial charge in [-0.25, -0.2) is 9.59 Å². The number of carboxylic acids is 1. The molecule has 10 nitrogen and oxygen atoms in total. The Balaban J connectivity index is 2.90. The van der Waals surface area contributed by atoms with Crippen LogP contribution in [-0.4, -0.2) is 60.4 Å². The van der Waals surface area contributed by atoms with Gasteiger partial charge in [-0.2, -0.15) is 0 Å². The second-order valence-corrected chi connectivity index (χ2v) is 10.3. The normalized spacial score (nSPS) is 13.8. The van der Waals surface area contributed by atoms with Crippen molar-refractivity contribution in [3.8, 4) is 5.75 Å². The standard InChI is InChI=1S/C25H37ClN2O8/c1-14(2)10-20(22(30)31)35-23(32)15(3)13-27-21(29)18(28-24(33)36-25(4,5)6)12-16-8-9-19(34-7)17(26)11-16/h8-9,11,14-15,18,20H,10,12-13H2,1-7H3,(H,27,29)(H,28,33)(H,30,31)/t15-,18-,20+/m1/s1. The molecule has 3 atom stereocenters. The molecule has 36 heavy (non-hydrogen) atoms. The van der Waals surface area contributed by atoms with Gasteiger partial charge < -0.3 is 30.0 Å². The molecule has 1 aromatic rings. The van der Waals surface area contributed by atoms with Gasteiger partial charge in [0.15, 0.2) is 6.10 Å². The number of alkyl carbamates (subject to hydrolysis) is 1. The first-order valence-electron chi connectivity index (χ1n) is 11.7. The number of nitrogens with one attached hydrogen (secondary N) is 2. The minimum atomic E-state index is -1.27. The summed E-state index contributed by atoms with van der Waals surface area (Å²) in [6.07, 6.45) is -1.79. The lowest BCUT2D eigenvalue weighted by atomic mass is 10.0. The van der Waals surface area contributed by atoms with Crippen molar-refractivity contribution in [2.24, 2.45) is 11.8 Å². The Hall–Kier alpha value is -3.01. The van der Waals surface area contributed by atoms with Crippen molar-refractivity contribution in [1.29, 1.82) is 0 Å². The van der Waals surface area contributed by atoms with Crippen LogP contribution >= 0.6 is 11.6 Å². The minimum absolute atomic E-state index is 0.0139. The van der Waals surface area contributed by atoms with Crippen LogP contribution in [0.15, 0.2) is 18.2 Å². The number of hydrogen-bond acceptors (Lipinski definition) is 7. The maximum Gasteiger partial charge on any atom is 0.408 e. The van der Waals surface area contributed by atoms with Crippen molar-refractivity contribution in [3.05, 3.63) is 28.8 Å². The highest BCUT2D eigenvalue weighted by Crippen LogP contribution is 2.25. The van der Waals surface area contributed by atoms with Crippen molar-refractivity contribution in [2.75, 3.05) is 13.7 Å². The summed E-state index contributed by atoms with van der Waals surface area (Å²) in [7, 11) is 1.48. The first kappa shape index (κ1) is 31.0. The van der Waals surface area contributed by atoms with E-state index in [1.807, 2.05) is 13.8 Å². The summed E-state index contributed by atoms with van der Waals surface area (Å²) in [6, 6.07) is 3.94. The molecule has 11 heteroatoms. The lowest BCUT2D eigenvalue weighted by Crippen LogP contribution is -2.50. The highest BCUT2D eigenvalue weighted by atomic mass is 35.5. The van der Waals surface area contributed by atoms with Crippen LogP contribution in [0.1, 0.15) is 53.5 Å². The second-order valence-electron chi connectivity index (χ2n) is 9.91. The van der Waals surface area contributed by atoms with E-state index in [1.54, 1.807) is 39.0 Å². The number of ether oxygens (including phenoxy) is 3. The highest BCUT2D eigenvalue weighted by Gasteiger charge is 2.28. The Labute approximate surface area is 217 Å². The summed E-state index contributed by atoms with van der Waals surface area (Å²) < 4.78 is 15.5. The van der Waals surface area contributed by atoms with Crippen LogP contribution in [0.5, 0.6) is 5.75 Å². The van der Waals surface area contributed by atoms with Crippen LogP contribution in [-0.2, 0) is 30.3 Å². The maximum absolute atomic E-state index is 13.0. The summed E-state index contributed by atoms with van der Waals surface area (Å²) in [5.41, 5.74) is -0.119. The molecule has 2 amide bonds. The molecule has 0 aliphatic heterocycles. The number of carbonyl (C=O) groups excluding carboxylic acids is 3. The van der Waals surface area contributed by atoms with Crippen molar-refractivity contribution in [1.82, 2.24) is 10.6 Å². The van der Waals surface area contributed by atoms with E-state index in [0.717, 1.165) is 0 Å². The molecule has 0 aromatic heterocycles. The number of hydrogen-bond donors (Lipinski definition) is 3. The van der Waals surface area contributed by atoms with Gasteiger partial charge in [0.25, 0.3) is 0 Å². The molecule has 0 radical (unpaired) electrons. The molecule has 3 N–H and O–H groups in total. The average molecular weight is 529 g/mol. The van der Waals surface area contributed by atoms with Crippen LogP contribution in [0, 0.1) is 11.8 Å². The number of aliphatic carboxylic acids is 1. The molecule has 0 aliphatic rings. The van der Waals surface area contributed by atoms with Crippen LogP contribution in [0.4, 0.5) is 4.79 Å². The fourth-order valence-electron chi connectivity index (χ4n) is 3.08. The third kappa shape index (κ3) is 11.2. The molecule has 1 rings (SSSR count). The van der Waals surface area contributed by atoms with Crippen LogP contribution in [0.25, 0.3) is 0 Å². The number of rotatable bonds is 12. The van der Waals surface area contributed by atoms with Crippen molar-refractivity contribution in [2.45, 2.75) is 72.1 Å². The minimum Gasteiger partial charge on any atom is -0.495 e. The Morgan fingerprint density at radius 3 is 2.25 bits per heavy atom. The maximum atomic E-state index is 13.0. The van der Waals surface area contributed by atoms with Gasteiger partial charge in [-0.1, -0.05) is 38.4 Å².